The van der Waals surface area contributed by atoms with Crippen LogP contribution in [0.3, 0.4) is 0 Å². The van der Waals surface area contributed by atoms with Crippen LogP contribution in [-0.2, 0) is 32.8 Å². The topological polar surface area (TPSA) is 90.0 Å². The zero-order chi connectivity index (χ0) is 29.3. The number of rotatable bonds is 13. The number of para-hydroxylation sites is 1. The predicted octanol–water partition coefficient (Wildman–Crippen LogP) is 4.51. The van der Waals surface area contributed by atoms with Gasteiger partial charge in [-0.3, -0.25) is 9.59 Å². The van der Waals surface area contributed by atoms with E-state index in [0.717, 1.165) is 14.2 Å². The van der Waals surface area contributed by atoms with E-state index in [9.17, 15) is 18.0 Å². The molecule has 0 aromatic heterocycles. The number of carbonyl (C=O) groups excluding carboxylic acids is 2. The number of halogens is 1. The molecular weight excluding hydrogens is 548 g/mol. The van der Waals surface area contributed by atoms with Crippen LogP contribution >= 0.6 is 11.6 Å². The van der Waals surface area contributed by atoms with Gasteiger partial charge in [0.15, 0.2) is 0 Å². The highest BCUT2D eigenvalue weighted by Crippen LogP contribution is 2.23. The van der Waals surface area contributed by atoms with Gasteiger partial charge in [0.05, 0.1) is 5.69 Å². The minimum Gasteiger partial charge on any atom is -0.352 e. The van der Waals surface area contributed by atoms with Crippen LogP contribution in [0.4, 0.5) is 5.69 Å². The van der Waals surface area contributed by atoms with Gasteiger partial charge >= 0.3 is 10.2 Å². The average Bonchev–Trinajstić information content (AvgIpc) is 2.95. The largest absolute Gasteiger partial charge is 0.352 e. The summed E-state index contributed by atoms with van der Waals surface area (Å²) in [5.41, 5.74) is 1.85. The summed E-state index contributed by atoms with van der Waals surface area (Å²) in [4.78, 5) is 29.3. The van der Waals surface area contributed by atoms with Gasteiger partial charge in [-0.2, -0.15) is 12.7 Å². The van der Waals surface area contributed by atoms with Crippen molar-refractivity contribution < 1.29 is 18.0 Å². The minimum absolute atomic E-state index is 0.0224. The van der Waals surface area contributed by atoms with Crippen molar-refractivity contribution in [2.45, 2.75) is 45.3 Å². The molecule has 0 bridgehead atoms. The summed E-state index contributed by atoms with van der Waals surface area (Å²) in [6.07, 6.45) is 0.955. The van der Waals surface area contributed by atoms with E-state index in [-0.39, 0.29) is 24.9 Å². The minimum atomic E-state index is -4.04. The van der Waals surface area contributed by atoms with E-state index >= 15 is 0 Å². The summed E-state index contributed by atoms with van der Waals surface area (Å²) in [6, 6.07) is 23.9. The number of carbonyl (C=O) groups is 2. The number of benzene rings is 3. The fourth-order valence-electron chi connectivity index (χ4n) is 4.12. The Hall–Kier alpha value is -3.40. The Morgan fingerprint density at radius 1 is 0.900 bits per heavy atom. The lowest BCUT2D eigenvalue weighted by Crippen LogP contribution is -2.55. The number of hydrogen-bond donors (Lipinski definition) is 1. The van der Waals surface area contributed by atoms with Gasteiger partial charge in [0.2, 0.25) is 11.8 Å². The predicted molar refractivity (Wildman–Crippen MR) is 160 cm³/mol. The molecule has 8 nitrogen and oxygen atoms in total. The van der Waals surface area contributed by atoms with Gasteiger partial charge < -0.3 is 10.2 Å². The third-order valence-corrected chi connectivity index (χ3v) is 8.82. The summed E-state index contributed by atoms with van der Waals surface area (Å²) in [5.74, 6) is -0.852. The molecule has 0 aliphatic carbocycles. The van der Waals surface area contributed by atoms with Crippen molar-refractivity contribution in [3.63, 3.8) is 0 Å². The first-order valence-corrected chi connectivity index (χ1v) is 14.9. The normalized spacial score (nSPS) is 12.9. The highest BCUT2D eigenvalue weighted by molar-refractivity contribution is 7.90. The maximum Gasteiger partial charge on any atom is 0.304 e. The molecule has 2 atom stereocenters. The van der Waals surface area contributed by atoms with E-state index in [4.69, 9.17) is 11.6 Å². The SMILES string of the molecule is CC[C@H](C)NC(=O)[C@@H](Cc1ccccc1)N(Cc1ccccc1Cl)C(=O)CN(c1ccccc1)S(=O)(=O)N(C)C. The first kappa shape index (κ1) is 31.1. The van der Waals surface area contributed by atoms with Gasteiger partial charge in [-0.15, -0.1) is 0 Å². The van der Waals surface area contributed by atoms with E-state index in [1.807, 2.05) is 50.2 Å². The zero-order valence-electron chi connectivity index (χ0n) is 23.3. The molecule has 3 rings (SSSR count). The second-order valence-corrected chi connectivity index (χ2v) is 12.2. The van der Waals surface area contributed by atoms with Crippen molar-refractivity contribution in [2.24, 2.45) is 0 Å². The van der Waals surface area contributed by atoms with E-state index in [1.54, 1.807) is 48.5 Å². The summed E-state index contributed by atoms with van der Waals surface area (Å²) < 4.78 is 28.8. The van der Waals surface area contributed by atoms with E-state index in [1.165, 1.54) is 19.0 Å². The van der Waals surface area contributed by atoms with Crippen LogP contribution < -0.4 is 9.62 Å². The number of nitrogens with one attached hydrogen (secondary N) is 1. The third kappa shape index (κ3) is 8.06. The molecule has 3 aromatic carbocycles. The molecule has 10 heteroatoms. The lowest BCUT2D eigenvalue weighted by atomic mass is 10.0. The van der Waals surface area contributed by atoms with Crippen LogP contribution in [0.5, 0.6) is 0 Å². The van der Waals surface area contributed by atoms with E-state index in [0.29, 0.717) is 22.7 Å². The molecule has 3 aromatic rings. The maximum absolute atomic E-state index is 14.2. The summed E-state index contributed by atoms with van der Waals surface area (Å²) in [5, 5.41) is 3.46. The van der Waals surface area contributed by atoms with Crippen molar-refractivity contribution >= 4 is 39.3 Å². The molecule has 0 spiro atoms. The van der Waals surface area contributed by atoms with Gasteiger partial charge in [-0.05, 0) is 42.7 Å². The fraction of sp³-hybridized carbons (Fsp3) is 0.333. The van der Waals surface area contributed by atoms with Gasteiger partial charge in [-0.25, -0.2) is 4.31 Å². The van der Waals surface area contributed by atoms with E-state index in [2.05, 4.69) is 5.32 Å². The average molecular weight is 585 g/mol. The molecule has 40 heavy (non-hydrogen) atoms. The molecule has 214 valence electrons. The van der Waals surface area contributed by atoms with Gasteiger partial charge in [-0.1, -0.05) is 85.3 Å². The number of amides is 2. The summed E-state index contributed by atoms with van der Waals surface area (Å²) in [7, 11) is -1.21. The molecule has 0 aliphatic heterocycles. The second-order valence-electron chi connectivity index (χ2n) is 9.77. The molecule has 0 radical (unpaired) electrons. The van der Waals surface area contributed by atoms with Crippen molar-refractivity contribution in [3.05, 3.63) is 101 Å². The molecule has 2 amide bonds. The number of anilines is 1. The Kier molecular flexibility index (Phi) is 11.1. The molecule has 0 heterocycles. The molecule has 0 saturated carbocycles. The first-order valence-electron chi connectivity index (χ1n) is 13.2. The molecule has 0 fully saturated rings. The molecule has 0 unspecified atom stereocenters. The highest BCUT2D eigenvalue weighted by Gasteiger charge is 2.35. The van der Waals surface area contributed by atoms with Crippen molar-refractivity contribution in [1.82, 2.24) is 14.5 Å². The smallest absolute Gasteiger partial charge is 0.304 e. The zero-order valence-corrected chi connectivity index (χ0v) is 24.9. The van der Waals surface area contributed by atoms with E-state index < -0.39 is 28.7 Å². The quantitative estimate of drug-likeness (QED) is 0.320. The van der Waals surface area contributed by atoms with Gasteiger partial charge in [0, 0.05) is 38.1 Å². The van der Waals surface area contributed by atoms with Crippen molar-refractivity contribution in [1.29, 1.82) is 0 Å². The Labute approximate surface area is 242 Å². The second kappa shape index (κ2) is 14.3. The van der Waals surface area contributed by atoms with Crippen LogP contribution in [0.25, 0.3) is 0 Å². The van der Waals surface area contributed by atoms with Crippen LogP contribution in [0.15, 0.2) is 84.9 Å². The van der Waals surface area contributed by atoms with Gasteiger partial charge in [0.25, 0.3) is 0 Å². The Morgan fingerprint density at radius 2 is 1.48 bits per heavy atom. The molecule has 0 aliphatic rings. The Morgan fingerprint density at radius 3 is 2.05 bits per heavy atom. The monoisotopic (exact) mass is 584 g/mol. The Balaban J connectivity index is 2.09. The fourth-order valence-corrected chi connectivity index (χ4v) is 5.37. The molecule has 1 N–H and O–H groups in total. The molecule has 0 saturated heterocycles. The first-order chi connectivity index (χ1) is 19.0. The standard InChI is InChI=1S/C30H37ClN4O4S/c1-5-23(2)32-30(37)28(20-24-14-8-6-9-15-24)34(21-25-16-12-13-19-27(25)31)29(36)22-35(40(38,39)33(3)4)26-17-10-7-11-18-26/h6-19,23,28H,5,20-22H2,1-4H3,(H,32,37)/t23-,28+/m0/s1. The highest BCUT2D eigenvalue weighted by atomic mass is 35.5. The third-order valence-electron chi connectivity index (χ3n) is 6.63. The number of nitrogens with zero attached hydrogens (tertiary/aromatic N) is 3. The summed E-state index contributed by atoms with van der Waals surface area (Å²) in [6.45, 7) is 3.39. The van der Waals surface area contributed by atoms with Crippen LogP contribution in [0.1, 0.15) is 31.4 Å². The lowest BCUT2D eigenvalue weighted by molar-refractivity contribution is -0.140. The van der Waals surface area contributed by atoms with Crippen molar-refractivity contribution in [3.8, 4) is 0 Å². The number of hydrogen-bond acceptors (Lipinski definition) is 4. The molecular formula is C30H37ClN4O4S. The summed E-state index contributed by atoms with van der Waals surface area (Å²) >= 11 is 6.49. The lowest BCUT2D eigenvalue weighted by Gasteiger charge is -2.35. The van der Waals surface area contributed by atoms with Crippen molar-refractivity contribution in [2.75, 3.05) is 24.9 Å². The van der Waals surface area contributed by atoms with Gasteiger partial charge in [0.1, 0.15) is 12.6 Å². The van der Waals surface area contributed by atoms with Crippen LogP contribution in [0.2, 0.25) is 5.02 Å². The Bertz CT molecular complexity index is 1370. The van der Waals surface area contributed by atoms with Crippen LogP contribution in [-0.4, -0.2) is 62.2 Å². The maximum atomic E-state index is 14.2. The van der Waals surface area contributed by atoms with Crippen LogP contribution in [0, 0.1) is 0 Å².